The summed E-state index contributed by atoms with van der Waals surface area (Å²) in [4.78, 5) is 20.3. The second-order valence-corrected chi connectivity index (χ2v) is 5.97. The van der Waals surface area contributed by atoms with Crippen LogP contribution in [0.4, 0.5) is 5.69 Å². The minimum Gasteiger partial charge on any atom is -0.494 e. The molecule has 0 fully saturated rings. The van der Waals surface area contributed by atoms with Crippen molar-refractivity contribution in [2.75, 3.05) is 11.9 Å². The van der Waals surface area contributed by atoms with Crippen LogP contribution in [0.3, 0.4) is 0 Å². The number of hydrogen-bond acceptors (Lipinski definition) is 4. The van der Waals surface area contributed by atoms with Crippen LogP contribution in [0.15, 0.2) is 53.3 Å². The molecule has 3 N–H and O–H groups in total. The predicted molar refractivity (Wildman–Crippen MR) is 107 cm³/mol. The van der Waals surface area contributed by atoms with E-state index in [1.165, 1.54) is 4.68 Å². The van der Waals surface area contributed by atoms with E-state index < -0.39 is 0 Å². The summed E-state index contributed by atoms with van der Waals surface area (Å²) in [6.07, 6.45) is 1.63. The molecular formula is C20H19N5O2. The Kier molecular flexibility index (Phi) is 4.25. The quantitative estimate of drug-likeness (QED) is 0.505. The number of para-hydroxylation sites is 2. The van der Waals surface area contributed by atoms with Crippen molar-refractivity contribution < 1.29 is 4.74 Å². The van der Waals surface area contributed by atoms with Crippen LogP contribution in [0.25, 0.3) is 29.8 Å². The first-order chi connectivity index (χ1) is 13.2. The molecular weight excluding hydrogens is 342 g/mol. The molecule has 0 aliphatic carbocycles. The van der Waals surface area contributed by atoms with Crippen LogP contribution < -0.4 is 26.2 Å². The Morgan fingerprint density at radius 1 is 1.22 bits per heavy atom. The van der Waals surface area contributed by atoms with Gasteiger partial charge in [-0.1, -0.05) is 18.7 Å². The molecule has 0 radical (unpaired) electrons. The lowest BCUT2D eigenvalue weighted by Crippen LogP contribution is -2.35. The summed E-state index contributed by atoms with van der Waals surface area (Å²) >= 11 is 0. The highest BCUT2D eigenvalue weighted by atomic mass is 16.5. The lowest BCUT2D eigenvalue weighted by Gasteiger charge is -2.04. The van der Waals surface area contributed by atoms with Gasteiger partial charge in [-0.25, -0.2) is 4.98 Å². The highest BCUT2D eigenvalue weighted by Crippen LogP contribution is 2.15. The molecule has 2 heterocycles. The van der Waals surface area contributed by atoms with Gasteiger partial charge < -0.3 is 15.0 Å². The molecule has 0 aliphatic rings. The Bertz CT molecular complexity index is 1220. The number of benzene rings is 2. The molecule has 2 aromatic carbocycles. The van der Waals surface area contributed by atoms with E-state index in [9.17, 15) is 4.79 Å². The summed E-state index contributed by atoms with van der Waals surface area (Å²) in [6, 6.07) is 15.1. The molecule has 0 bridgehead atoms. The second kappa shape index (κ2) is 6.87. The van der Waals surface area contributed by atoms with Gasteiger partial charge in [-0.05, 0) is 43.3 Å². The van der Waals surface area contributed by atoms with Crippen molar-refractivity contribution in [2.24, 2.45) is 0 Å². The van der Waals surface area contributed by atoms with Crippen LogP contribution >= 0.6 is 0 Å². The molecule has 2 aromatic heterocycles. The number of nitrogens with one attached hydrogen (secondary N) is 3. The zero-order valence-electron chi connectivity index (χ0n) is 14.8. The molecule has 7 heteroatoms. The second-order valence-electron chi connectivity index (χ2n) is 5.97. The number of anilines is 1. The topological polar surface area (TPSA) is 87.7 Å². The number of ether oxygens (including phenoxy) is 1. The van der Waals surface area contributed by atoms with Crippen LogP contribution in [0.1, 0.15) is 6.92 Å². The highest BCUT2D eigenvalue weighted by Gasteiger charge is 2.09. The molecule has 0 saturated carbocycles. The summed E-state index contributed by atoms with van der Waals surface area (Å²) in [5, 5.41) is 7.01. The lowest BCUT2D eigenvalue weighted by atomic mass is 10.3. The zero-order valence-corrected chi connectivity index (χ0v) is 14.8. The molecule has 27 heavy (non-hydrogen) atoms. The maximum absolute atomic E-state index is 12.8. The van der Waals surface area contributed by atoms with E-state index in [0.29, 0.717) is 23.1 Å². The fraction of sp³-hybridized carbons (Fsp3) is 0.100. The Labute approximate surface area is 154 Å². The molecule has 4 aromatic rings. The van der Waals surface area contributed by atoms with E-state index >= 15 is 0 Å². The minimum atomic E-state index is -0.238. The van der Waals surface area contributed by atoms with E-state index in [1.54, 1.807) is 6.20 Å². The average Bonchev–Trinajstić information content (AvgIpc) is 3.22. The predicted octanol–water partition coefficient (Wildman–Crippen LogP) is 1.70. The number of hydrogen-bond donors (Lipinski definition) is 3. The molecule has 0 amide bonds. The van der Waals surface area contributed by atoms with Crippen molar-refractivity contribution in [3.8, 4) is 11.7 Å². The van der Waals surface area contributed by atoms with Gasteiger partial charge >= 0.3 is 0 Å². The number of rotatable bonds is 5. The molecule has 136 valence electrons. The van der Waals surface area contributed by atoms with Crippen LogP contribution in [-0.2, 0) is 0 Å². The molecule has 7 nitrogen and oxygen atoms in total. The summed E-state index contributed by atoms with van der Waals surface area (Å²) in [5.41, 5.74) is 2.25. The standard InChI is InChI=1S/C20H19N5O2/c1-3-27-15-10-8-14(9-11-15)21-12-16-13(2)24-25(19(16)26)20-22-17-6-4-5-7-18(17)23-20/h4-12,21,24H,2-3H2,1H3,(H,22,23). The van der Waals surface area contributed by atoms with E-state index in [1.807, 2.05) is 55.5 Å². The van der Waals surface area contributed by atoms with Crippen LogP contribution in [0, 0.1) is 0 Å². The normalized spacial score (nSPS) is 11.8. The van der Waals surface area contributed by atoms with E-state index in [4.69, 9.17) is 4.74 Å². The zero-order chi connectivity index (χ0) is 18.8. The number of H-pyrrole nitrogens is 2. The number of nitrogens with zero attached hydrogens (tertiary/aromatic N) is 2. The number of imidazole rings is 1. The highest BCUT2D eigenvalue weighted by molar-refractivity contribution is 5.75. The summed E-state index contributed by atoms with van der Waals surface area (Å²) in [6.45, 7) is 6.48. The summed E-state index contributed by atoms with van der Waals surface area (Å²) in [5.74, 6) is 1.22. The van der Waals surface area contributed by atoms with Gasteiger partial charge in [0.15, 0.2) is 0 Å². The lowest BCUT2D eigenvalue weighted by molar-refractivity contribution is 0.340. The van der Waals surface area contributed by atoms with Gasteiger partial charge in [-0.2, -0.15) is 4.68 Å². The molecule has 0 spiro atoms. The van der Waals surface area contributed by atoms with E-state index in [-0.39, 0.29) is 5.56 Å². The molecule has 0 aliphatic heterocycles. The van der Waals surface area contributed by atoms with Crippen LogP contribution in [-0.4, -0.2) is 26.4 Å². The smallest absolute Gasteiger partial charge is 0.283 e. The Morgan fingerprint density at radius 2 is 2.00 bits per heavy atom. The van der Waals surface area contributed by atoms with E-state index in [2.05, 4.69) is 27.0 Å². The third-order valence-corrected chi connectivity index (χ3v) is 4.14. The maximum atomic E-state index is 12.8. The van der Waals surface area contributed by atoms with Gasteiger partial charge in [0.25, 0.3) is 5.56 Å². The molecule has 4 rings (SSSR count). The van der Waals surface area contributed by atoms with Crippen molar-refractivity contribution in [1.82, 2.24) is 19.7 Å². The van der Waals surface area contributed by atoms with Crippen molar-refractivity contribution in [3.63, 3.8) is 0 Å². The third-order valence-electron chi connectivity index (χ3n) is 4.14. The average molecular weight is 361 g/mol. The summed E-state index contributed by atoms with van der Waals surface area (Å²) in [7, 11) is 0. The van der Waals surface area contributed by atoms with Crippen molar-refractivity contribution in [3.05, 3.63) is 69.5 Å². The van der Waals surface area contributed by atoms with Gasteiger partial charge in [0.05, 0.1) is 28.2 Å². The fourth-order valence-electron chi connectivity index (χ4n) is 2.81. The number of aromatic amines is 2. The number of aromatic nitrogens is 4. The first-order valence-electron chi connectivity index (χ1n) is 8.60. The minimum absolute atomic E-state index is 0.238. The summed E-state index contributed by atoms with van der Waals surface area (Å²) < 4.78 is 6.78. The SMILES string of the molecule is C=c1[nH]n(-c2nc3ccccc3[nH]2)c(=O)c1=CNc1ccc(OCC)cc1. The van der Waals surface area contributed by atoms with Gasteiger partial charge in [-0.15, -0.1) is 0 Å². The van der Waals surface area contributed by atoms with Gasteiger partial charge in [0.2, 0.25) is 5.95 Å². The van der Waals surface area contributed by atoms with E-state index in [0.717, 1.165) is 22.5 Å². The van der Waals surface area contributed by atoms with Crippen molar-refractivity contribution in [1.29, 1.82) is 0 Å². The molecule has 0 saturated heterocycles. The Balaban J connectivity index is 1.67. The first kappa shape index (κ1) is 16.7. The first-order valence-corrected chi connectivity index (χ1v) is 8.60. The molecule has 0 atom stereocenters. The van der Waals surface area contributed by atoms with Crippen LogP contribution in [0.2, 0.25) is 0 Å². The monoisotopic (exact) mass is 361 g/mol. The van der Waals surface area contributed by atoms with Crippen molar-refractivity contribution in [2.45, 2.75) is 6.92 Å². The third kappa shape index (κ3) is 3.22. The largest absolute Gasteiger partial charge is 0.494 e. The fourth-order valence-corrected chi connectivity index (χ4v) is 2.81. The van der Waals surface area contributed by atoms with Gasteiger partial charge in [0.1, 0.15) is 5.75 Å². The Hall–Kier alpha value is -3.74. The maximum Gasteiger partial charge on any atom is 0.283 e. The Morgan fingerprint density at radius 3 is 2.74 bits per heavy atom. The number of fused-ring (bicyclic) bond motifs is 1. The van der Waals surface area contributed by atoms with Gasteiger partial charge in [-0.3, -0.25) is 9.89 Å². The van der Waals surface area contributed by atoms with Crippen molar-refractivity contribution >= 4 is 29.5 Å². The van der Waals surface area contributed by atoms with Crippen LogP contribution in [0.5, 0.6) is 5.75 Å². The van der Waals surface area contributed by atoms with Gasteiger partial charge in [0, 0.05) is 11.9 Å². The molecule has 0 unspecified atom stereocenters.